The first-order chi connectivity index (χ1) is 5.88. The molecule has 0 aliphatic carbocycles. The molecular weight excluding hydrogens is 267 g/mol. The zero-order chi connectivity index (χ0) is 8.39. The van der Waals surface area contributed by atoms with Crippen molar-refractivity contribution in [2.24, 2.45) is 0 Å². The maximum absolute atomic E-state index is 4.59. The van der Waals surface area contributed by atoms with Gasteiger partial charge < -0.3 is 0 Å². The summed E-state index contributed by atoms with van der Waals surface area (Å²) in [5.41, 5.74) is 1.83. The molecule has 0 saturated heterocycles. The minimum absolute atomic E-state index is 0.791. The van der Waals surface area contributed by atoms with Crippen LogP contribution in [0.3, 0.4) is 0 Å². The molecule has 0 radical (unpaired) electrons. The van der Waals surface area contributed by atoms with Gasteiger partial charge in [-0.15, -0.1) is 0 Å². The van der Waals surface area contributed by atoms with Crippen molar-refractivity contribution < 1.29 is 4.63 Å². The van der Waals surface area contributed by atoms with E-state index in [1.165, 1.54) is 0 Å². The molecule has 1 heterocycles. The van der Waals surface area contributed by atoms with Crippen LogP contribution in [0.5, 0.6) is 0 Å². The van der Waals surface area contributed by atoms with Gasteiger partial charge in [-0.2, -0.15) is 0 Å². The summed E-state index contributed by atoms with van der Waals surface area (Å²) in [4.78, 5) is 0. The van der Waals surface area contributed by atoms with Crippen molar-refractivity contribution in [3.63, 3.8) is 0 Å². The molecule has 12 heavy (non-hydrogen) atoms. The number of nitrogens with zero attached hydrogens (tertiary/aromatic N) is 2. The third-order valence-electron chi connectivity index (χ3n) is 1.50. The van der Waals surface area contributed by atoms with Crippen LogP contribution in [-0.4, -0.2) is 10.3 Å². The van der Waals surface area contributed by atoms with Gasteiger partial charge in [-0.3, -0.25) is 0 Å². The van der Waals surface area contributed by atoms with Gasteiger partial charge in [0.15, 0.2) is 3.70 Å². The van der Waals surface area contributed by atoms with Gasteiger partial charge in [0, 0.05) is 5.56 Å². The topological polar surface area (TPSA) is 38.9 Å². The van der Waals surface area contributed by atoms with Gasteiger partial charge in [-0.1, -0.05) is 30.3 Å². The van der Waals surface area contributed by atoms with Crippen LogP contribution in [0, 0.1) is 3.70 Å². The van der Waals surface area contributed by atoms with E-state index in [4.69, 9.17) is 0 Å². The Morgan fingerprint density at radius 3 is 2.42 bits per heavy atom. The molecule has 3 nitrogen and oxygen atoms in total. The summed E-state index contributed by atoms with van der Waals surface area (Å²) in [6.07, 6.45) is 0. The molecule has 60 valence electrons. The summed E-state index contributed by atoms with van der Waals surface area (Å²) in [6.45, 7) is 0. The first kappa shape index (κ1) is 7.72. The van der Waals surface area contributed by atoms with Crippen LogP contribution in [-0.2, 0) is 0 Å². The molecule has 4 heteroatoms. The Bertz CT molecular complexity index is 372. The molecule has 0 amide bonds. The number of rotatable bonds is 1. The summed E-state index contributed by atoms with van der Waals surface area (Å²) in [5.74, 6) is 0. The summed E-state index contributed by atoms with van der Waals surface area (Å²) < 4.78 is 5.38. The average molecular weight is 272 g/mol. The Balaban J connectivity index is 2.51. The van der Waals surface area contributed by atoms with Crippen molar-refractivity contribution in [1.29, 1.82) is 0 Å². The molecule has 1 aromatic heterocycles. The van der Waals surface area contributed by atoms with Crippen molar-refractivity contribution in [2.45, 2.75) is 0 Å². The van der Waals surface area contributed by atoms with Gasteiger partial charge in [0.05, 0.1) is 0 Å². The fraction of sp³-hybridized carbons (Fsp3) is 0. The van der Waals surface area contributed by atoms with Crippen LogP contribution in [0.15, 0.2) is 35.0 Å². The molecule has 0 N–H and O–H groups in total. The SMILES string of the molecule is Ic1nonc1-c1ccccc1. The minimum atomic E-state index is 0.791. The average Bonchev–Trinajstić information content (AvgIpc) is 2.53. The third-order valence-corrected chi connectivity index (χ3v) is 2.20. The van der Waals surface area contributed by atoms with Gasteiger partial charge in [0.1, 0.15) is 5.69 Å². The maximum atomic E-state index is 4.59. The largest absolute Gasteiger partial charge is 0.243 e. The molecule has 0 aliphatic heterocycles. The normalized spacial score (nSPS) is 10.1. The molecule has 0 atom stereocenters. The molecule has 0 saturated carbocycles. The standard InChI is InChI=1S/C8H5IN2O/c9-8-7(10-12-11-8)6-4-2-1-3-5-6/h1-5H. The Kier molecular flexibility index (Phi) is 2.07. The molecule has 0 unspecified atom stereocenters. The minimum Gasteiger partial charge on any atom is -0.243 e. The van der Waals surface area contributed by atoms with E-state index in [1.807, 2.05) is 30.3 Å². The summed E-state index contributed by atoms with van der Waals surface area (Å²) >= 11 is 2.09. The van der Waals surface area contributed by atoms with E-state index in [0.717, 1.165) is 15.0 Å². The first-order valence-corrected chi connectivity index (χ1v) is 4.49. The van der Waals surface area contributed by atoms with E-state index >= 15 is 0 Å². The van der Waals surface area contributed by atoms with Crippen molar-refractivity contribution in [1.82, 2.24) is 10.3 Å². The van der Waals surface area contributed by atoms with E-state index in [0.29, 0.717) is 0 Å². The van der Waals surface area contributed by atoms with Crippen molar-refractivity contribution in [2.75, 3.05) is 0 Å². The Morgan fingerprint density at radius 2 is 1.83 bits per heavy atom. The number of aromatic nitrogens is 2. The maximum Gasteiger partial charge on any atom is 0.173 e. The molecule has 0 bridgehead atoms. The van der Waals surface area contributed by atoms with E-state index in [1.54, 1.807) is 0 Å². The zero-order valence-electron chi connectivity index (χ0n) is 6.07. The molecular formula is C8H5IN2O. The van der Waals surface area contributed by atoms with E-state index < -0.39 is 0 Å². The number of hydrogen-bond acceptors (Lipinski definition) is 3. The van der Waals surface area contributed by atoms with Crippen LogP contribution in [0.1, 0.15) is 0 Å². The first-order valence-electron chi connectivity index (χ1n) is 3.41. The van der Waals surface area contributed by atoms with E-state index in [9.17, 15) is 0 Å². The van der Waals surface area contributed by atoms with Crippen LogP contribution < -0.4 is 0 Å². The lowest BCUT2D eigenvalue weighted by molar-refractivity contribution is 0.305. The number of benzene rings is 1. The van der Waals surface area contributed by atoms with Gasteiger partial charge in [-0.25, -0.2) is 4.63 Å². The molecule has 0 aliphatic rings. The molecule has 2 rings (SSSR count). The lowest BCUT2D eigenvalue weighted by atomic mass is 10.2. The van der Waals surface area contributed by atoms with Gasteiger partial charge >= 0.3 is 0 Å². The predicted molar refractivity (Wildman–Crippen MR) is 52.5 cm³/mol. The number of hydrogen-bond donors (Lipinski definition) is 0. The van der Waals surface area contributed by atoms with Gasteiger partial charge in [0.2, 0.25) is 0 Å². The zero-order valence-corrected chi connectivity index (χ0v) is 8.22. The number of halogens is 1. The highest BCUT2D eigenvalue weighted by Crippen LogP contribution is 2.20. The second-order valence-corrected chi connectivity index (χ2v) is 3.29. The second-order valence-electron chi connectivity index (χ2n) is 2.27. The summed E-state index contributed by atoms with van der Waals surface area (Å²) in [7, 11) is 0. The Hall–Kier alpha value is -0.910. The lowest BCUT2D eigenvalue weighted by Crippen LogP contribution is -1.78. The van der Waals surface area contributed by atoms with Crippen LogP contribution in [0.4, 0.5) is 0 Å². The highest BCUT2D eigenvalue weighted by Gasteiger charge is 2.07. The van der Waals surface area contributed by atoms with Crippen molar-refractivity contribution in [3.05, 3.63) is 34.0 Å². The van der Waals surface area contributed by atoms with Gasteiger partial charge in [-0.05, 0) is 32.9 Å². The van der Waals surface area contributed by atoms with Gasteiger partial charge in [0.25, 0.3) is 0 Å². The highest BCUT2D eigenvalue weighted by molar-refractivity contribution is 14.1. The second kappa shape index (κ2) is 3.22. The smallest absolute Gasteiger partial charge is 0.173 e. The molecule has 0 fully saturated rings. The van der Waals surface area contributed by atoms with E-state index in [2.05, 4.69) is 37.5 Å². The quantitative estimate of drug-likeness (QED) is 0.748. The van der Waals surface area contributed by atoms with Crippen molar-refractivity contribution >= 4 is 22.6 Å². The molecule has 2 aromatic rings. The van der Waals surface area contributed by atoms with E-state index in [-0.39, 0.29) is 0 Å². The van der Waals surface area contributed by atoms with Crippen LogP contribution in [0.25, 0.3) is 11.3 Å². The molecule has 0 spiro atoms. The van der Waals surface area contributed by atoms with Crippen LogP contribution >= 0.6 is 22.6 Å². The molecule has 1 aromatic carbocycles. The lowest BCUT2D eigenvalue weighted by Gasteiger charge is -1.91. The third kappa shape index (κ3) is 1.34. The Labute approximate surface area is 82.9 Å². The monoisotopic (exact) mass is 272 g/mol. The van der Waals surface area contributed by atoms with Crippen LogP contribution in [0.2, 0.25) is 0 Å². The summed E-state index contributed by atoms with van der Waals surface area (Å²) in [5, 5.41) is 7.49. The Morgan fingerprint density at radius 1 is 1.08 bits per heavy atom. The summed E-state index contributed by atoms with van der Waals surface area (Å²) in [6, 6.07) is 9.83. The highest BCUT2D eigenvalue weighted by atomic mass is 127. The van der Waals surface area contributed by atoms with Crippen molar-refractivity contribution in [3.8, 4) is 11.3 Å². The fourth-order valence-electron chi connectivity index (χ4n) is 0.946. The predicted octanol–water partition coefficient (Wildman–Crippen LogP) is 2.34. The fourth-order valence-corrected chi connectivity index (χ4v) is 1.44.